The van der Waals surface area contributed by atoms with Crippen LogP contribution in [0.3, 0.4) is 0 Å². The SMILES string of the molecule is Cc1c[nH]c2c(C=CC(=O)NS(=O)(=O)c3cccc(F)c3)cc(F)cc12. The number of hydrogen-bond donors (Lipinski definition) is 2. The van der Waals surface area contributed by atoms with E-state index < -0.39 is 27.6 Å². The monoisotopic (exact) mass is 376 g/mol. The Hall–Kier alpha value is -3.00. The van der Waals surface area contributed by atoms with Gasteiger partial charge in [0.1, 0.15) is 11.6 Å². The Morgan fingerprint density at radius 3 is 2.65 bits per heavy atom. The van der Waals surface area contributed by atoms with E-state index in [9.17, 15) is 22.0 Å². The lowest BCUT2D eigenvalue weighted by Gasteiger charge is -2.05. The summed E-state index contributed by atoms with van der Waals surface area (Å²) in [5.74, 6) is -2.15. The molecule has 3 aromatic rings. The van der Waals surface area contributed by atoms with Gasteiger partial charge in [0.15, 0.2) is 0 Å². The fraction of sp³-hybridized carbons (Fsp3) is 0.0556. The molecule has 8 heteroatoms. The molecule has 0 radical (unpaired) electrons. The zero-order valence-electron chi connectivity index (χ0n) is 13.6. The zero-order valence-corrected chi connectivity index (χ0v) is 14.4. The van der Waals surface area contributed by atoms with Crippen molar-refractivity contribution in [3.05, 3.63) is 71.4 Å². The lowest BCUT2D eigenvalue weighted by molar-refractivity contribution is -0.114. The Morgan fingerprint density at radius 1 is 1.15 bits per heavy atom. The maximum Gasteiger partial charge on any atom is 0.264 e. The van der Waals surface area contributed by atoms with Crippen LogP contribution in [0.2, 0.25) is 0 Å². The highest BCUT2D eigenvalue weighted by molar-refractivity contribution is 7.90. The summed E-state index contributed by atoms with van der Waals surface area (Å²) in [6.45, 7) is 1.81. The van der Waals surface area contributed by atoms with E-state index in [2.05, 4.69) is 4.98 Å². The number of sulfonamides is 1. The van der Waals surface area contributed by atoms with Crippen LogP contribution in [0, 0.1) is 18.6 Å². The van der Waals surface area contributed by atoms with Gasteiger partial charge in [0, 0.05) is 23.2 Å². The lowest BCUT2D eigenvalue weighted by Crippen LogP contribution is -2.29. The predicted octanol–water partition coefficient (Wildman–Crippen LogP) is 3.27. The van der Waals surface area contributed by atoms with E-state index in [4.69, 9.17) is 0 Å². The number of carbonyl (C=O) groups excluding carboxylic acids is 1. The number of rotatable bonds is 4. The van der Waals surface area contributed by atoms with Crippen LogP contribution in [-0.4, -0.2) is 19.3 Å². The lowest BCUT2D eigenvalue weighted by atomic mass is 10.1. The molecule has 0 atom stereocenters. The van der Waals surface area contributed by atoms with Crippen molar-refractivity contribution >= 4 is 32.9 Å². The van der Waals surface area contributed by atoms with Crippen LogP contribution in [0.25, 0.3) is 17.0 Å². The van der Waals surface area contributed by atoms with Gasteiger partial charge in [0.05, 0.1) is 10.4 Å². The standard InChI is InChI=1S/C18H14F2N2O3S/c1-11-10-21-18-12(7-14(20)9-16(11)18)5-6-17(23)22-26(24,25)15-4-2-3-13(19)8-15/h2-10,21H,1H3,(H,22,23). The number of amides is 1. The number of aromatic amines is 1. The molecule has 0 aliphatic rings. The second-order valence-corrected chi connectivity index (χ2v) is 7.33. The highest BCUT2D eigenvalue weighted by atomic mass is 32.2. The van der Waals surface area contributed by atoms with Crippen molar-refractivity contribution in [3.63, 3.8) is 0 Å². The van der Waals surface area contributed by atoms with Crippen LogP contribution in [0.4, 0.5) is 8.78 Å². The summed E-state index contributed by atoms with van der Waals surface area (Å²) in [5.41, 5.74) is 1.86. The van der Waals surface area contributed by atoms with Crippen molar-refractivity contribution in [2.45, 2.75) is 11.8 Å². The number of H-pyrrole nitrogens is 1. The molecule has 0 saturated heterocycles. The number of benzene rings is 2. The van der Waals surface area contributed by atoms with E-state index in [1.165, 1.54) is 30.3 Å². The Bertz CT molecular complexity index is 1130. The molecule has 5 nitrogen and oxygen atoms in total. The fourth-order valence-corrected chi connectivity index (χ4v) is 3.49. The summed E-state index contributed by atoms with van der Waals surface area (Å²) in [6, 6.07) is 6.88. The molecule has 3 rings (SSSR count). The molecule has 0 aliphatic heterocycles. The third kappa shape index (κ3) is 3.65. The number of fused-ring (bicyclic) bond motifs is 1. The molecule has 0 fully saturated rings. The van der Waals surface area contributed by atoms with Crippen LogP contribution in [0.1, 0.15) is 11.1 Å². The van der Waals surface area contributed by atoms with Crippen LogP contribution in [-0.2, 0) is 14.8 Å². The van der Waals surface area contributed by atoms with Gasteiger partial charge in [-0.1, -0.05) is 6.07 Å². The second kappa shape index (κ2) is 6.72. The highest BCUT2D eigenvalue weighted by Gasteiger charge is 2.17. The average molecular weight is 376 g/mol. The molecule has 0 saturated carbocycles. The van der Waals surface area contributed by atoms with Crippen molar-refractivity contribution in [2.75, 3.05) is 0 Å². The van der Waals surface area contributed by atoms with Gasteiger partial charge in [0.2, 0.25) is 0 Å². The maximum absolute atomic E-state index is 13.7. The number of carbonyl (C=O) groups is 1. The van der Waals surface area contributed by atoms with Gasteiger partial charge < -0.3 is 4.98 Å². The van der Waals surface area contributed by atoms with Crippen molar-refractivity contribution in [1.82, 2.24) is 9.71 Å². The molecule has 0 bridgehead atoms. The van der Waals surface area contributed by atoms with Gasteiger partial charge in [-0.15, -0.1) is 0 Å². The number of nitrogens with one attached hydrogen (secondary N) is 2. The molecule has 1 aromatic heterocycles. The summed E-state index contributed by atoms with van der Waals surface area (Å²) in [5, 5.41) is 0.664. The van der Waals surface area contributed by atoms with E-state index in [0.717, 1.165) is 23.8 Å². The molecule has 2 N–H and O–H groups in total. The van der Waals surface area contributed by atoms with E-state index in [1.54, 1.807) is 6.20 Å². The molecule has 0 spiro atoms. The van der Waals surface area contributed by atoms with E-state index >= 15 is 0 Å². The minimum absolute atomic E-state index is 0.368. The Balaban J connectivity index is 1.84. The predicted molar refractivity (Wildman–Crippen MR) is 93.8 cm³/mol. The quantitative estimate of drug-likeness (QED) is 0.686. The van der Waals surface area contributed by atoms with E-state index in [1.807, 2.05) is 11.6 Å². The van der Waals surface area contributed by atoms with Crippen LogP contribution in [0.15, 0.2) is 53.6 Å². The smallest absolute Gasteiger partial charge is 0.264 e. The highest BCUT2D eigenvalue weighted by Crippen LogP contribution is 2.23. The first-order valence-corrected chi connectivity index (χ1v) is 9.02. The summed E-state index contributed by atoms with van der Waals surface area (Å²) >= 11 is 0. The molecule has 2 aromatic carbocycles. The summed E-state index contributed by atoms with van der Waals surface area (Å²) in [6.07, 6.45) is 3.98. The van der Waals surface area contributed by atoms with Gasteiger partial charge >= 0.3 is 0 Å². The van der Waals surface area contributed by atoms with Gasteiger partial charge in [-0.2, -0.15) is 0 Å². The third-order valence-electron chi connectivity index (χ3n) is 3.75. The minimum atomic E-state index is -4.21. The van der Waals surface area contributed by atoms with Gasteiger partial charge in [-0.05, 0) is 48.9 Å². The second-order valence-electron chi connectivity index (χ2n) is 5.65. The van der Waals surface area contributed by atoms with E-state index in [-0.39, 0.29) is 4.90 Å². The van der Waals surface area contributed by atoms with Gasteiger partial charge in [0.25, 0.3) is 15.9 Å². The Labute approximate surface area is 148 Å². The largest absolute Gasteiger partial charge is 0.360 e. The molecular weight excluding hydrogens is 362 g/mol. The summed E-state index contributed by atoms with van der Waals surface area (Å²) in [4.78, 5) is 14.6. The topological polar surface area (TPSA) is 79.0 Å². The molecule has 26 heavy (non-hydrogen) atoms. The van der Waals surface area contributed by atoms with E-state index in [0.29, 0.717) is 16.5 Å². The number of hydrogen-bond acceptors (Lipinski definition) is 3. The number of aryl methyl sites for hydroxylation is 1. The Morgan fingerprint density at radius 2 is 1.92 bits per heavy atom. The van der Waals surface area contributed by atoms with Crippen LogP contribution < -0.4 is 4.72 Å². The molecule has 1 heterocycles. The van der Waals surface area contributed by atoms with Crippen LogP contribution in [0.5, 0.6) is 0 Å². The molecular formula is C18H14F2N2O3S. The molecule has 1 amide bonds. The van der Waals surface area contributed by atoms with Crippen molar-refractivity contribution in [2.24, 2.45) is 0 Å². The number of aromatic nitrogens is 1. The fourth-order valence-electron chi connectivity index (χ4n) is 2.51. The molecule has 134 valence electrons. The summed E-state index contributed by atoms with van der Waals surface area (Å²) < 4.78 is 52.9. The summed E-state index contributed by atoms with van der Waals surface area (Å²) in [7, 11) is -4.21. The van der Waals surface area contributed by atoms with Crippen molar-refractivity contribution < 1.29 is 22.0 Å². The zero-order chi connectivity index (χ0) is 18.9. The maximum atomic E-state index is 13.7. The van der Waals surface area contributed by atoms with Crippen molar-refractivity contribution in [1.29, 1.82) is 0 Å². The molecule has 0 aliphatic carbocycles. The third-order valence-corrected chi connectivity index (χ3v) is 5.09. The van der Waals surface area contributed by atoms with Gasteiger partial charge in [-0.25, -0.2) is 21.9 Å². The Kier molecular flexibility index (Phi) is 4.60. The normalized spacial score (nSPS) is 12.0. The first-order valence-electron chi connectivity index (χ1n) is 7.54. The first kappa shape index (κ1) is 17.8. The first-order chi connectivity index (χ1) is 12.3. The number of halogens is 2. The molecule has 0 unspecified atom stereocenters. The van der Waals surface area contributed by atoms with Crippen molar-refractivity contribution in [3.8, 4) is 0 Å². The van der Waals surface area contributed by atoms with Crippen LogP contribution >= 0.6 is 0 Å². The van der Waals surface area contributed by atoms with Gasteiger partial charge in [-0.3, -0.25) is 4.79 Å². The minimum Gasteiger partial charge on any atom is -0.360 e. The average Bonchev–Trinajstić information content (AvgIpc) is 2.93.